The summed E-state index contributed by atoms with van der Waals surface area (Å²) in [5.41, 5.74) is 3.41. The third-order valence-electron chi connectivity index (χ3n) is 2.86. The van der Waals surface area contributed by atoms with Crippen LogP contribution in [0, 0.1) is 13.8 Å². The van der Waals surface area contributed by atoms with Crippen LogP contribution in [0.1, 0.15) is 33.9 Å². The second-order valence-electron chi connectivity index (χ2n) is 4.42. The first-order valence-corrected chi connectivity index (χ1v) is 6.22. The second-order valence-corrected chi connectivity index (χ2v) is 4.42. The van der Waals surface area contributed by atoms with Gasteiger partial charge in [0, 0.05) is 18.4 Å². The first-order valence-electron chi connectivity index (χ1n) is 6.22. The van der Waals surface area contributed by atoms with Gasteiger partial charge in [-0.25, -0.2) is 4.98 Å². The van der Waals surface area contributed by atoms with Gasteiger partial charge in [0.15, 0.2) is 0 Å². The van der Waals surface area contributed by atoms with E-state index in [2.05, 4.69) is 25.5 Å². The fourth-order valence-electron chi connectivity index (χ4n) is 1.71. The van der Waals surface area contributed by atoms with Crippen LogP contribution in [0.3, 0.4) is 0 Å². The molecule has 0 aromatic carbocycles. The van der Waals surface area contributed by atoms with Gasteiger partial charge < -0.3 is 5.32 Å². The monoisotopic (exact) mass is 259 g/mol. The van der Waals surface area contributed by atoms with Gasteiger partial charge in [-0.15, -0.1) is 0 Å². The number of aromatic nitrogens is 4. The van der Waals surface area contributed by atoms with Crippen LogP contribution >= 0.6 is 0 Å². The van der Waals surface area contributed by atoms with E-state index < -0.39 is 0 Å². The molecule has 100 valence electrons. The van der Waals surface area contributed by atoms with Crippen molar-refractivity contribution in [3.8, 4) is 0 Å². The highest BCUT2D eigenvalue weighted by Crippen LogP contribution is 2.05. The van der Waals surface area contributed by atoms with Crippen molar-refractivity contribution in [2.75, 3.05) is 6.54 Å². The van der Waals surface area contributed by atoms with Gasteiger partial charge in [0.2, 0.25) is 0 Å². The van der Waals surface area contributed by atoms with Crippen molar-refractivity contribution < 1.29 is 4.79 Å². The summed E-state index contributed by atoms with van der Waals surface area (Å²) in [6, 6.07) is 0. The van der Waals surface area contributed by atoms with Gasteiger partial charge in [0.1, 0.15) is 5.69 Å². The molecule has 2 rings (SSSR count). The van der Waals surface area contributed by atoms with Crippen molar-refractivity contribution in [3.63, 3.8) is 0 Å². The number of hydrogen-bond acceptors (Lipinski definition) is 4. The molecule has 0 radical (unpaired) electrons. The minimum absolute atomic E-state index is 0.184. The minimum atomic E-state index is -0.184. The molecule has 6 heteroatoms. The zero-order valence-corrected chi connectivity index (χ0v) is 11.1. The molecule has 0 aliphatic carbocycles. The Labute approximate surface area is 111 Å². The van der Waals surface area contributed by atoms with Gasteiger partial charge in [-0.2, -0.15) is 5.10 Å². The first kappa shape index (κ1) is 13.2. The molecule has 0 saturated carbocycles. The number of nitrogens with zero attached hydrogens (tertiary/aromatic N) is 3. The fourth-order valence-corrected chi connectivity index (χ4v) is 1.71. The summed E-state index contributed by atoms with van der Waals surface area (Å²) >= 11 is 0. The Morgan fingerprint density at radius 1 is 1.26 bits per heavy atom. The van der Waals surface area contributed by atoms with E-state index in [9.17, 15) is 4.79 Å². The van der Waals surface area contributed by atoms with E-state index in [4.69, 9.17) is 0 Å². The SMILES string of the molecule is Cc1cnc(C(=O)NCCCc2cn[nH]c2C)cn1. The van der Waals surface area contributed by atoms with E-state index in [0.29, 0.717) is 12.2 Å². The molecule has 19 heavy (non-hydrogen) atoms. The molecule has 2 heterocycles. The lowest BCUT2D eigenvalue weighted by Gasteiger charge is -2.04. The normalized spacial score (nSPS) is 10.4. The van der Waals surface area contributed by atoms with Crippen LogP contribution in [0.15, 0.2) is 18.6 Å². The van der Waals surface area contributed by atoms with E-state index in [1.165, 1.54) is 11.8 Å². The highest BCUT2D eigenvalue weighted by molar-refractivity contribution is 5.91. The maximum Gasteiger partial charge on any atom is 0.271 e. The van der Waals surface area contributed by atoms with Crippen LogP contribution in [0.5, 0.6) is 0 Å². The summed E-state index contributed by atoms with van der Waals surface area (Å²) in [4.78, 5) is 19.8. The fraction of sp³-hybridized carbons (Fsp3) is 0.385. The van der Waals surface area contributed by atoms with Gasteiger partial charge in [-0.05, 0) is 32.3 Å². The van der Waals surface area contributed by atoms with E-state index in [-0.39, 0.29) is 5.91 Å². The van der Waals surface area contributed by atoms with E-state index in [0.717, 1.165) is 24.2 Å². The smallest absolute Gasteiger partial charge is 0.271 e. The number of hydrogen-bond donors (Lipinski definition) is 2. The number of H-pyrrole nitrogens is 1. The van der Waals surface area contributed by atoms with Gasteiger partial charge in [-0.1, -0.05) is 0 Å². The zero-order chi connectivity index (χ0) is 13.7. The number of carbonyl (C=O) groups excluding carboxylic acids is 1. The lowest BCUT2D eigenvalue weighted by molar-refractivity contribution is 0.0948. The average molecular weight is 259 g/mol. The Balaban J connectivity index is 1.75. The number of carbonyl (C=O) groups is 1. The van der Waals surface area contributed by atoms with Gasteiger partial charge in [-0.3, -0.25) is 14.9 Å². The Morgan fingerprint density at radius 3 is 2.74 bits per heavy atom. The third kappa shape index (κ3) is 3.61. The van der Waals surface area contributed by atoms with Crippen LogP contribution in [-0.4, -0.2) is 32.6 Å². The van der Waals surface area contributed by atoms with E-state index in [1.807, 2.05) is 20.0 Å². The molecule has 0 atom stereocenters. The summed E-state index contributed by atoms with van der Waals surface area (Å²) < 4.78 is 0. The Bertz CT molecular complexity index is 546. The quantitative estimate of drug-likeness (QED) is 0.790. The van der Waals surface area contributed by atoms with Gasteiger partial charge in [0.05, 0.1) is 18.1 Å². The molecule has 0 aliphatic rings. The number of aromatic amines is 1. The molecular formula is C13H17N5O. The van der Waals surface area contributed by atoms with E-state index >= 15 is 0 Å². The van der Waals surface area contributed by atoms with Crippen molar-refractivity contribution in [1.29, 1.82) is 0 Å². The maximum absolute atomic E-state index is 11.8. The Morgan fingerprint density at radius 2 is 2.11 bits per heavy atom. The molecule has 2 aromatic heterocycles. The predicted octanol–water partition coefficient (Wildman–Crippen LogP) is 1.18. The van der Waals surface area contributed by atoms with Gasteiger partial charge >= 0.3 is 0 Å². The number of aryl methyl sites for hydroxylation is 3. The Kier molecular flexibility index (Phi) is 4.22. The molecule has 0 unspecified atom stereocenters. The molecule has 0 spiro atoms. The lowest BCUT2D eigenvalue weighted by atomic mass is 10.1. The lowest BCUT2D eigenvalue weighted by Crippen LogP contribution is -2.25. The van der Waals surface area contributed by atoms with Gasteiger partial charge in [0.25, 0.3) is 5.91 Å². The van der Waals surface area contributed by atoms with E-state index in [1.54, 1.807) is 6.20 Å². The van der Waals surface area contributed by atoms with Crippen LogP contribution in [-0.2, 0) is 6.42 Å². The molecule has 6 nitrogen and oxygen atoms in total. The summed E-state index contributed by atoms with van der Waals surface area (Å²) in [5.74, 6) is -0.184. The van der Waals surface area contributed by atoms with Crippen LogP contribution in [0.25, 0.3) is 0 Å². The summed E-state index contributed by atoms with van der Waals surface area (Å²) in [6.45, 7) is 4.43. The average Bonchev–Trinajstić information content (AvgIpc) is 2.81. The number of rotatable bonds is 5. The molecule has 0 saturated heterocycles. The number of amides is 1. The van der Waals surface area contributed by atoms with Crippen molar-refractivity contribution in [1.82, 2.24) is 25.5 Å². The molecule has 1 amide bonds. The number of nitrogens with one attached hydrogen (secondary N) is 2. The largest absolute Gasteiger partial charge is 0.351 e. The standard InChI is InChI=1S/C13H17N5O/c1-9-6-16-12(8-15-9)13(19)14-5-3-4-11-7-17-18-10(11)2/h6-8H,3-5H2,1-2H3,(H,14,19)(H,17,18). The highest BCUT2D eigenvalue weighted by Gasteiger charge is 2.06. The third-order valence-corrected chi connectivity index (χ3v) is 2.86. The zero-order valence-electron chi connectivity index (χ0n) is 11.1. The topological polar surface area (TPSA) is 83.6 Å². The summed E-state index contributed by atoms with van der Waals surface area (Å²) in [5, 5.41) is 9.68. The second kappa shape index (κ2) is 6.08. The molecular weight excluding hydrogens is 242 g/mol. The molecule has 2 N–H and O–H groups in total. The van der Waals surface area contributed by atoms with Crippen LogP contribution < -0.4 is 5.32 Å². The van der Waals surface area contributed by atoms with Crippen molar-refractivity contribution in [2.24, 2.45) is 0 Å². The molecule has 0 fully saturated rings. The highest BCUT2D eigenvalue weighted by atomic mass is 16.1. The Hall–Kier alpha value is -2.24. The summed E-state index contributed by atoms with van der Waals surface area (Å²) in [6.07, 6.45) is 6.66. The van der Waals surface area contributed by atoms with Crippen molar-refractivity contribution >= 4 is 5.91 Å². The maximum atomic E-state index is 11.8. The molecule has 0 bridgehead atoms. The van der Waals surface area contributed by atoms with Crippen molar-refractivity contribution in [3.05, 3.63) is 41.2 Å². The predicted molar refractivity (Wildman–Crippen MR) is 70.7 cm³/mol. The summed E-state index contributed by atoms with van der Waals surface area (Å²) in [7, 11) is 0. The molecule has 0 aliphatic heterocycles. The van der Waals surface area contributed by atoms with Crippen LogP contribution in [0.2, 0.25) is 0 Å². The van der Waals surface area contributed by atoms with Crippen molar-refractivity contribution in [2.45, 2.75) is 26.7 Å². The molecule has 2 aromatic rings. The first-order chi connectivity index (χ1) is 9.16. The van der Waals surface area contributed by atoms with Crippen LogP contribution in [0.4, 0.5) is 0 Å². The minimum Gasteiger partial charge on any atom is -0.351 e.